The van der Waals surface area contributed by atoms with Crippen molar-refractivity contribution in [2.24, 2.45) is 4.99 Å². The van der Waals surface area contributed by atoms with Crippen molar-refractivity contribution in [2.45, 2.75) is 55.2 Å². The molecule has 2 fully saturated rings. The molecule has 1 aliphatic carbocycles. The van der Waals surface area contributed by atoms with Gasteiger partial charge in [-0.2, -0.15) is 0 Å². The normalized spacial score (nSPS) is 21.4. The molecule has 1 aliphatic heterocycles. The van der Waals surface area contributed by atoms with E-state index >= 15 is 0 Å². The number of hydrogen-bond donors (Lipinski definition) is 2. The largest absolute Gasteiger partial charge is 0.480 e. The number of carboxylic acids is 1. The number of halogens is 3. The molecule has 2 aromatic heterocycles. The third-order valence-corrected chi connectivity index (χ3v) is 7.01. The summed E-state index contributed by atoms with van der Waals surface area (Å²) >= 11 is 15.5. The van der Waals surface area contributed by atoms with Crippen molar-refractivity contribution in [1.82, 2.24) is 9.97 Å². The van der Waals surface area contributed by atoms with Crippen LogP contribution in [0.15, 0.2) is 35.7 Å². The fraction of sp³-hybridized carbons (Fsp3) is 0.409. The van der Waals surface area contributed by atoms with Crippen LogP contribution in [0.2, 0.25) is 10.0 Å². The van der Waals surface area contributed by atoms with E-state index in [1.54, 1.807) is 12.1 Å². The molecule has 2 N–H and O–H groups in total. The SMILES string of the molecule is O=C(Nc1ccc(C[C@H](N=C2C(Br)OC23CCCCC3)C(=O)O)nc1)c1c(Cl)cncc1Cl. The van der Waals surface area contributed by atoms with Gasteiger partial charge in [-0.1, -0.05) is 58.4 Å². The minimum absolute atomic E-state index is 0.114. The van der Waals surface area contributed by atoms with E-state index < -0.39 is 23.5 Å². The van der Waals surface area contributed by atoms with Gasteiger partial charge in [0.15, 0.2) is 11.1 Å². The lowest BCUT2D eigenvalue weighted by Gasteiger charge is -2.49. The average molecular weight is 556 g/mol. The summed E-state index contributed by atoms with van der Waals surface area (Å²) in [5.74, 6) is -1.52. The molecule has 2 aliphatic rings. The summed E-state index contributed by atoms with van der Waals surface area (Å²) in [5.41, 5.74) is 1.40. The summed E-state index contributed by atoms with van der Waals surface area (Å²) in [6.45, 7) is 0. The Morgan fingerprint density at radius 1 is 1.21 bits per heavy atom. The standard InChI is InChI=1S/C22H21BrCl2N4O4/c23-19-18(22(33-19)6-2-1-3-7-22)29-16(21(31)32)8-12-4-5-13(9-27-12)28-20(30)17-14(24)10-26-11-15(17)25/h4-5,9-11,16,19H,1-3,6-8H2,(H,28,30)(H,31,32)/t16-,19?/m0/s1. The zero-order chi connectivity index (χ0) is 23.6. The molecule has 1 unspecified atom stereocenters. The molecule has 1 saturated heterocycles. The Hall–Kier alpha value is -2.07. The highest BCUT2D eigenvalue weighted by Crippen LogP contribution is 2.44. The molecule has 1 spiro atoms. The van der Waals surface area contributed by atoms with Crippen LogP contribution in [0.25, 0.3) is 0 Å². The van der Waals surface area contributed by atoms with Crippen LogP contribution in [-0.4, -0.2) is 49.3 Å². The number of nitrogens with zero attached hydrogens (tertiary/aromatic N) is 3. The minimum atomic E-state index is -1.03. The summed E-state index contributed by atoms with van der Waals surface area (Å²) in [5, 5.41) is 12.3. The Bertz CT molecular complexity index is 1060. The molecule has 1 saturated carbocycles. The van der Waals surface area contributed by atoms with Crippen LogP contribution in [0.5, 0.6) is 0 Å². The van der Waals surface area contributed by atoms with Gasteiger partial charge in [0.25, 0.3) is 5.91 Å². The van der Waals surface area contributed by atoms with Gasteiger partial charge in [0.05, 0.1) is 33.2 Å². The molecule has 174 valence electrons. The zero-order valence-corrected chi connectivity index (χ0v) is 20.5. The number of rotatable bonds is 6. The van der Waals surface area contributed by atoms with Gasteiger partial charge in [-0.25, -0.2) is 4.79 Å². The Balaban J connectivity index is 1.46. The maximum atomic E-state index is 12.5. The van der Waals surface area contributed by atoms with Gasteiger partial charge >= 0.3 is 5.97 Å². The van der Waals surface area contributed by atoms with Crippen molar-refractivity contribution in [1.29, 1.82) is 0 Å². The molecule has 8 nitrogen and oxygen atoms in total. The maximum absolute atomic E-state index is 12.5. The number of carbonyl (C=O) groups is 2. The molecule has 1 amide bonds. The van der Waals surface area contributed by atoms with E-state index in [2.05, 4.69) is 36.2 Å². The van der Waals surface area contributed by atoms with E-state index in [0.29, 0.717) is 11.4 Å². The molecule has 2 aromatic rings. The highest BCUT2D eigenvalue weighted by atomic mass is 79.9. The Kier molecular flexibility index (Phi) is 7.33. The molecule has 3 heterocycles. The van der Waals surface area contributed by atoms with E-state index in [-0.39, 0.29) is 27.0 Å². The van der Waals surface area contributed by atoms with Crippen molar-refractivity contribution in [3.05, 3.63) is 52.0 Å². The number of hydrogen-bond acceptors (Lipinski definition) is 6. The van der Waals surface area contributed by atoms with Gasteiger partial charge in [-0.15, -0.1) is 0 Å². The second-order valence-corrected chi connectivity index (χ2v) is 9.68. The highest BCUT2D eigenvalue weighted by Gasteiger charge is 2.52. The molecule has 0 aromatic carbocycles. The summed E-state index contributed by atoms with van der Waals surface area (Å²) in [6, 6.07) is 2.31. The van der Waals surface area contributed by atoms with Crippen LogP contribution in [-0.2, 0) is 16.0 Å². The minimum Gasteiger partial charge on any atom is -0.480 e. The van der Waals surface area contributed by atoms with Crippen LogP contribution in [0.3, 0.4) is 0 Å². The Morgan fingerprint density at radius 2 is 1.91 bits per heavy atom. The molecular formula is C22H21BrCl2N4O4. The zero-order valence-electron chi connectivity index (χ0n) is 17.4. The van der Waals surface area contributed by atoms with Crippen molar-refractivity contribution < 1.29 is 19.4 Å². The van der Waals surface area contributed by atoms with Crippen LogP contribution in [0, 0.1) is 0 Å². The van der Waals surface area contributed by atoms with Crippen LogP contribution >= 0.6 is 39.1 Å². The number of amides is 1. The molecule has 0 bridgehead atoms. The molecule has 11 heteroatoms. The van der Waals surface area contributed by atoms with Gasteiger partial charge < -0.3 is 15.2 Å². The van der Waals surface area contributed by atoms with E-state index in [1.165, 1.54) is 18.6 Å². The predicted octanol–water partition coefficient (Wildman–Crippen LogP) is 4.93. The topological polar surface area (TPSA) is 114 Å². The van der Waals surface area contributed by atoms with E-state index in [0.717, 1.165) is 37.8 Å². The number of aromatic nitrogens is 2. The van der Waals surface area contributed by atoms with Gasteiger partial charge in [0, 0.05) is 24.5 Å². The monoisotopic (exact) mass is 554 g/mol. The van der Waals surface area contributed by atoms with Crippen LogP contribution in [0.1, 0.15) is 48.2 Å². The van der Waals surface area contributed by atoms with Gasteiger partial charge in [-0.05, 0) is 25.0 Å². The van der Waals surface area contributed by atoms with Gasteiger partial charge in [-0.3, -0.25) is 19.8 Å². The molecule has 0 radical (unpaired) electrons. The first-order chi connectivity index (χ1) is 15.8. The Labute approximate surface area is 208 Å². The van der Waals surface area contributed by atoms with E-state index in [1.807, 2.05) is 0 Å². The highest BCUT2D eigenvalue weighted by molar-refractivity contribution is 9.09. The fourth-order valence-electron chi connectivity index (χ4n) is 4.13. The summed E-state index contributed by atoms with van der Waals surface area (Å²) in [4.78, 5) is 37.1. The van der Waals surface area contributed by atoms with Crippen molar-refractivity contribution in [3.63, 3.8) is 0 Å². The number of aliphatic imine (C=N–C) groups is 1. The van der Waals surface area contributed by atoms with Crippen LogP contribution in [0.4, 0.5) is 5.69 Å². The quantitative estimate of drug-likeness (QED) is 0.489. The second kappa shape index (κ2) is 10.0. The number of anilines is 1. The number of carboxylic acid groups (broad SMARTS) is 1. The maximum Gasteiger partial charge on any atom is 0.328 e. The fourth-order valence-corrected chi connectivity index (χ4v) is 5.56. The smallest absolute Gasteiger partial charge is 0.328 e. The first kappa shape index (κ1) is 24.1. The Morgan fingerprint density at radius 3 is 2.48 bits per heavy atom. The summed E-state index contributed by atoms with van der Waals surface area (Å²) in [7, 11) is 0. The number of carbonyl (C=O) groups excluding carboxylic acids is 1. The summed E-state index contributed by atoms with van der Waals surface area (Å²) in [6.07, 6.45) is 9.19. The number of pyridine rings is 2. The van der Waals surface area contributed by atoms with Crippen molar-refractivity contribution in [2.75, 3.05) is 5.32 Å². The number of ether oxygens (including phenoxy) is 1. The first-order valence-electron chi connectivity index (χ1n) is 10.5. The lowest BCUT2D eigenvalue weighted by Crippen LogP contribution is -2.60. The summed E-state index contributed by atoms with van der Waals surface area (Å²) < 4.78 is 5.93. The van der Waals surface area contributed by atoms with Crippen molar-refractivity contribution in [3.8, 4) is 0 Å². The van der Waals surface area contributed by atoms with Crippen molar-refractivity contribution >= 4 is 62.4 Å². The van der Waals surface area contributed by atoms with Crippen LogP contribution < -0.4 is 5.32 Å². The first-order valence-corrected chi connectivity index (χ1v) is 12.1. The molecule has 33 heavy (non-hydrogen) atoms. The predicted molar refractivity (Wildman–Crippen MR) is 129 cm³/mol. The average Bonchev–Trinajstić information content (AvgIpc) is 2.78. The lowest BCUT2D eigenvalue weighted by molar-refractivity contribution is -0.138. The lowest BCUT2D eigenvalue weighted by atomic mass is 9.77. The molecule has 2 atom stereocenters. The second-order valence-electron chi connectivity index (χ2n) is 8.03. The van der Waals surface area contributed by atoms with Gasteiger partial charge in [0.1, 0.15) is 5.60 Å². The third-order valence-electron chi connectivity index (χ3n) is 5.82. The number of aliphatic carboxylic acids is 1. The molecular weight excluding hydrogens is 535 g/mol. The molecule has 4 rings (SSSR count). The van der Waals surface area contributed by atoms with Gasteiger partial charge in [0.2, 0.25) is 0 Å². The number of alkyl halides is 1. The van der Waals surface area contributed by atoms with E-state index in [4.69, 9.17) is 27.9 Å². The van der Waals surface area contributed by atoms with E-state index in [9.17, 15) is 14.7 Å². The third kappa shape index (κ3) is 5.21. The number of nitrogens with one attached hydrogen (secondary N) is 1.